The molecule has 2 heterocycles. The van der Waals surface area contributed by atoms with Crippen molar-refractivity contribution in [3.8, 4) is 11.1 Å². The number of nitrogens with zero attached hydrogens (tertiary/aromatic N) is 3. The summed E-state index contributed by atoms with van der Waals surface area (Å²) in [5, 5.41) is 5.10. The fraction of sp³-hybridized carbons (Fsp3) is 0.0244. The predicted octanol–water partition coefficient (Wildman–Crippen LogP) is 10.4. The number of hydrogen-bond acceptors (Lipinski definition) is 1. The molecule has 0 bridgehead atoms. The molecule has 0 N–H and O–H groups in total. The molecule has 0 radical (unpaired) electrons. The fourth-order valence-corrected chi connectivity index (χ4v) is 6.31. The van der Waals surface area contributed by atoms with Gasteiger partial charge in [-0.25, -0.2) is 9.98 Å². The van der Waals surface area contributed by atoms with E-state index in [9.17, 15) is 0 Å². The summed E-state index contributed by atoms with van der Waals surface area (Å²) >= 11 is 0. The van der Waals surface area contributed by atoms with Crippen LogP contribution < -0.4 is 0 Å². The Kier molecular flexibility index (Phi) is 6.16. The maximum Gasteiger partial charge on any atom is 0.160 e. The number of hydrogen-bond donors (Lipinski definition) is 0. The number of amidine groups is 1. The van der Waals surface area contributed by atoms with Gasteiger partial charge in [-0.1, -0.05) is 128 Å². The van der Waals surface area contributed by atoms with Crippen LogP contribution in [0.2, 0.25) is 0 Å². The summed E-state index contributed by atoms with van der Waals surface area (Å²) in [6.07, 6.45) is 0. The Morgan fingerprint density at radius 1 is 0.500 bits per heavy atom. The molecule has 208 valence electrons. The molecule has 6 aromatic carbocycles. The zero-order chi connectivity index (χ0) is 29.6. The summed E-state index contributed by atoms with van der Waals surface area (Å²) in [4.78, 5) is 9.96. The van der Waals surface area contributed by atoms with Gasteiger partial charge in [0.2, 0.25) is 0 Å². The minimum atomic E-state index is 0.637. The Morgan fingerprint density at radius 2 is 1.02 bits per heavy atom. The van der Waals surface area contributed by atoms with Crippen molar-refractivity contribution in [1.82, 2.24) is 4.40 Å². The van der Waals surface area contributed by atoms with Gasteiger partial charge in [-0.3, -0.25) is 0 Å². The lowest BCUT2D eigenvalue weighted by atomic mass is 9.98. The monoisotopic (exact) mass is 563 g/mol. The normalized spacial score (nSPS) is 12.6. The summed E-state index contributed by atoms with van der Waals surface area (Å²) in [6.45, 7) is 6.29. The molecular weight excluding hydrogens is 534 g/mol. The van der Waals surface area contributed by atoms with Crippen LogP contribution in [0.4, 0.5) is 0 Å². The van der Waals surface area contributed by atoms with E-state index in [0.29, 0.717) is 11.5 Å². The van der Waals surface area contributed by atoms with Gasteiger partial charge in [-0.2, -0.15) is 0 Å². The van der Waals surface area contributed by atoms with Gasteiger partial charge in [0, 0.05) is 32.8 Å². The molecule has 0 aliphatic carbocycles. The van der Waals surface area contributed by atoms with Crippen molar-refractivity contribution < 1.29 is 0 Å². The summed E-state index contributed by atoms with van der Waals surface area (Å²) in [5.74, 6) is 0.637. The lowest BCUT2D eigenvalue weighted by Gasteiger charge is -2.09. The average Bonchev–Trinajstić information content (AvgIpc) is 3.60. The van der Waals surface area contributed by atoms with Crippen LogP contribution in [0.25, 0.3) is 54.9 Å². The van der Waals surface area contributed by atoms with Crippen molar-refractivity contribution in [3.63, 3.8) is 0 Å². The third kappa shape index (κ3) is 4.29. The molecule has 8 aromatic rings. The number of benzene rings is 6. The van der Waals surface area contributed by atoms with Crippen molar-refractivity contribution in [3.05, 3.63) is 169 Å². The van der Waals surface area contributed by atoms with E-state index >= 15 is 0 Å². The highest BCUT2D eigenvalue weighted by atomic mass is 14.9. The largest absolute Gasteiger partial charge is 0.308 e. The molecule has 3 heteroatoms. The highest BCUT2D eigenvalue weighted by Gasteiger charge is 2.18. The summed E-state index contributed by atoms with van der Waals surface area (Å²) < 4.78 is 2.41. The van der Waals surface area contributed by atoms with Gasteiger partial charge in [0.25, 0.3) is 0 Å². The van der Waals surface area contributed by atoms with Gasteiger partial charge in [0.05, 0.1) is 22.2 Å². The minimum Gasteiger partial charge on any atom is -0.308 e. The number of aliphatic imine (C=N–C) groups is 2. The minimum absolute atomic E-state index is 0.637. The van der Waals surface area contributed by atoms with Crippen LogP contribution in [0, 0.1) is 0 Å². The Labute approximate surface area is 256 Å². The predicted molar refractivity (Wildman–Crippen MR) is 187 cm³/mol. The molecule has 0 atom stereocenters. The molecule has 0 saturated carbocycles. The van der Waals surface area contributed by atoms with E-state index in [0.717, 1.165) is 28.0 Å². The van der Waals surface area contributed by atoms with Crippen LogP contribution in [0.1, 0.15) is 23.6 Å². The van der Waals surface area contributed by atoms with Crippen LogP contribution in [0.15, 0.2) is 162 Å². The first-order valence-corrected chi connectivity index (χ1v) is 14.9. The van der Waals surface area contributed by atoms with E-state index in [2.05, 4.69) is 108 Å². The molecular formula is C41H29N3. The third-order valence-corrected chi connectivity index (χ3v) is 8.49. The second-order valence-corrected chi connectivity index (χ2v) is 11.2. The second-order valence-electron chi connectivity index (χ2n) is 11.2. The highest BCUT2D eigenvalue weighted by Crippen LogP contribution is 2.41. The van der Waals surface area contributed by atoms with Gasteiger partial charge < -0.3 is 4.40 Å². The van der Waals surface area contributed by atoms with Crippen molar-refractivity contribution in [2.24, 2.45) is 9.98 Å². The SMILES string of the molecule is C=C(/N=C(\N=C(/C)c1ccccc1)c1ccc(-c2cc3c4ccccc4n4c5ccccc5c(c2)c34)cc1)c1ccccc1. The second kappa shape index (κ2) is 10.5. The maximum absolute atomic E-state index is 5.02. The van der Waals surface area contributed by atoms with Crippen molar-refractivity contribution in [2.75, 3.05) is 0 Å². The molecule has 8 rings (SSSR count). The molecule has 0 aliphatic rings. The van der Waals surface area contributed by atoms with E-state index in [-0.39, 0.29) is 0 Å². The first kappa shape index (κ1) is 25.9. The van der Waals surface area contributed by atoms with Gasteiger partial charge in [-0.05, 0) is 53.4 Å². The number of para-hydroxylation sites is 2. The number of aromatic nitrogens is 1. The molecule has 0 saturated heterocycles. The zero-order valence-electron chi connectivity index (χ0n) is 24.4. The zero-order valence-corrected chi connectivity index (χ0v) is 24.4. The van der Waals surface area contributed by atoms with Crippen LogP contribution in [0.5, 0.6) is 0 Å². The Balaban J connectivity index is 1.25. The van der Waals surface area contributed by atoms with E-state index < -0.39 is 0 Å². The topological polar surface area (TPSA) is 29.1 Å². The molecule has 0 amide bonds. The third-order valence-electron chi connectivity index (χ3n) is 8.49. The maximum atomic E-state index is 5.02. The smallest absolute Gasteiger partial charge is 0.160 e. The molecule has 0 aliphatic heterocycles. The average molecular weight is 564 g/mol. The molecule has 3 nitrogen and oxygen atoms in total. The van der Waals surface area contributed by atoms with Crippen molar-refractivity contribution in [1.29, 1.82) is 0 Å². The fourth-order valence-electron chi connectivity index (χ4n) is 6.31. The van der Waals surface area contributed by atoms with Crippen molar-refractivity contribution in [2.45, 2.75) is 6.92 Å². The van der Waals surface area contributed by atoms with E-state index in [4.69, 9.17) is 9.98 Å². The van der Waals surface area contributed by atoms with Gasteiger partial charge in [0.1, 0.15) is 0 Å². The van der Waals surface area contributed by atoms with Crippen LogP contribution in [-0.2, 0) is 0 Å². The molecule has 2 aromatic heterocycles. The quantitative estimate of drug-likeness (QED) is 0.147. The van der Waals surface area contributed by atoms with Crippen LogP contribution in [0.3, 0.4) is 0 Å². The lowest BCUT2D eigenvalue weighted by molar-refractivity contribution is 1.37. The van der Waals surface area contributed by atoms with Crippen LogP contribution in [-0.4, -0.2) is 15.9 Å². The first-order valence-electron chi connectivity index (χ1n) is 14.9. The Bertz CT molecular complexity index is 2290. The summed E-state index contributed by atoms with van der Waals surface area (Å²) in [6, 6.07) is 50.9. The van der Waals surface area contributed by atoms with Gasteiger partial charge in [0.15, 0.2) is 5.84 Å². The molecule has 0 unspecified atom stereocenters. The lowest BCUT2D eigenvalue weighted by Crippen LogP contribution is -2.04. The molecule has 0 fully saturated rings. The van der Waals surface area contributed by atoms with E-state index in [1.807, 2.05) is 55.5 Å². The van der Waals surface area contributed by atoms with E-state index in [1.54, 1.807) is 0 Å². The first-order chi connectivity index (χ1) is 21.7. The van der Waals surface area contributed by atoms with Gasteiger partial charge in [-0.15, -0.1) is 0 Å². The highest BCUT2D eigenvalue weighted by molar-refractivity contribution is 6.24. The van der Waals surface area contributed by atoms with Crippen molar-refractivity contribution >= 4 is 55.3 Å². The number of fused-ring (bicyclic) bond motifs is 6. The molecule has 0 spiro atoms. The Morgan fingerprint density at radius 3 is 1.61 bits per heavy atom. The summed E-state index contributed by atoms with van der Waals surface area (Å²) in [5.41, 5.74) is 10.7. The Hall–Kier alpha value is -5.80. The number of rotatable bonds is 5. The van der Waals surface area contributed by atoms with Crippen LogP contribution >= 0.6 is 0 Å². The van der Waals surface area contributed by atoms with Gasteiger partial charge >= 0.3 is 0 Å². The molecule has 44 heavy (non-hydrogen) atoms. The standard InChI is InChI=1S/C41H29N3/c1-27(29-13-5-3-6-14-29)42-41(43-28(2)30-15-7-4-8-16-30)32-23-21-31(22-24-32)33-25-36-34-17-9-11-19-38(34)44-39-20-12-10-18-35(39)37(26-33)40(36)44/h3-26H,1H2,2H3/b42-41-,43-28+. The summed E-state index contributed by atoms with van der Waals surface area (Å²) in [7, 11) is 0. The van der Waals surface area contributed by atoms with E-state index in [1.165, 1.54) is 43.7 Å².